The Balaban J connectivity index is 2.19. The van der Waals surface area contributed by atoms with Crippen LogP contribution in [0.4, 0.5) is 0 Å². The molecular formula is C13H12ClN3S. The Bertz CT molecular complexity index is 714. The predicted molar refractivity (Wildman–Crippen MR) is 76.3 cm³/mol. The molecule has 3 aromatic heterocycles. The molecule has 0 amide bonds. The Labute approximate surface area is 114 Å². The van der Waals surface area contributed by atoms with Gasteiger partial charge in [-0.1, -0.05) is 11.6 Å². The van der Waals surface area contributed by atoms with E-state index in [0.717, 1.165) is 32.4 Å². The fourth-order valence-electron chi connectivity index (χ4n) is 2.03. The maximum absolute atomic E-state index is 6.17. The summed E-state index contributed by atoms with van der Waals surface area (Å²) in [4.78, 5) is 9.94. The number of aromatic nitrogens is 3. The molecule has 0 unspecified atom stereocenters. The normalized spacial score (nSPS) is 11.3. The molecule has 0 radical (unpaired) electrons. The van der Waals surface area contributed by atoms with E-state index in [4.69, 9.17) is 11.6 Å². The van der Waals surface area contributed by atoms with Crippen LogP contribution in [0.5, 0.6) is 0 Å². The lowest BCUT2D eigenvalue weighted by atomic mass is 10.3. The first-order valence-electron chi connectivity index (χ1n) is 5.77. The van der Waals surface area contributed by atoms with Gasteiger partial charge in [0.25, 0.3) is 0 Å². The number of pyridine rings is 1. The summed E-state index contributed by atoms with van der Waals surface area (Å²) < 4.78 is 3.16. The molecule has 0 spiro atoms. The summed E-state index contributed by atoms with van der Waals surface area (Å²) in [6, 6.07) is 3.88. The second kappa shape index (κ2) is 4.37. The zero-order chi connectivity index (χ0) is 12.7. The van der Waals surface area contributed by atoms with E-state index in [1.165, 1.54) is 5.69 Å². The molecule has 0 saturated heterocycles. The number of hydrogen-bond donors (Lipinski definition) is 0. The number of aryl methyl sites for hydroxylation is 1. The maximum Gasteiger partial charge on any atom is 0.101 e. The van der Waals surface area contributed by atoms with Gasteiger partial charge in [0.1, 0.15) is 5.69 Å². The van der Waals surface area contributed by atoms with Gasteiger partial charge < -0.3 is 4.57 Å². The van der Waals surface area contributed by atoms with Crippen molar-refractivity contribution in [3.05, 3.63) is 35.4 Å². The second-order valence-electron chi connectivity index (χ2n) is 4.08. The first kappa shape index (κ1) is 11.7. The predicted octanol–water partition coefficient (Wildman–Crippen LogP) is 4.14. The van der Waals surface area contributed by atoms with E-state index in [9.17, 15) is 0 Å². The molecule has 92 valence electrons. The van der Waals surface area contributed by atoms with Crippen molar-refractivity contribution in [2.45, 2.75) is 20.4 Å². The van der Waals surface area contributed by atoms with E-state index >= 15 is 0 Å². The quantitative estimate of drug-likeness (QED) is 0.705. The zero-order valence-electron chi connectivity index (χ0n) is 10.1. The minimum absolute atomic E-state index is 0.754. The molecule has 0 saturated carbocycles. The van der Waals surface area contributed by atoms with Gasteiger partial charge in [0.05, 0.1) is 26.4 Å². The summed E-state index contributed by atoms with van der Waals surface area (Å²) in [7, 11) is 0. The van der Waals surface area contributed by atoms with Crippen LogP contribution >= 0.6 is 22.9 Å². The number of nitrogens with zero attached hydrogens (tertiary/aromatic N) is 3. The van der Waals surface area contributed by atoms with Crippen molar-refractivity contribution in [1.29, 1.82) is 0 Å². The summed E-state index contributed by atoms with van der Waals surface area (Å²) in [5.74, 6) is 0. The van der Waals surface area contributed by atoms with Crippen LogP contribution in [-0.4, -0.2) is 14.5 Å². The standard InChI is InChI=1S/C13H12ClN3S/c1-3-17-7-16-12(8(17)2)11-6-10-13(18-11)9(14)4-5-15-10/h4-7H,3H2,1-2H3. The lowest BCUT2D eigenvalue weighted by Gasteiger charge is -1.99. The molecule has 0 atom stereocenters. The molecule has 0 fully saturated rings. The highest BCUT2D eigenvalue weighted by molar-refractivity contribution is 7.22. The number of imidazole rings is 1. The maximum atomic E-state index is 6.17. The third-order valence-electron chi connectivity index (χ3n) is 3.04. The Hall–Kier alpha value is -1.39. The third-order valence-corrected chi connectivity index (χ3v) is 4.63. The van der Waals surface area contributed by atoms with Gasteiger partial charge in [-0.05, 0) is 26.0 Å². The van der Waals surface area contributed by atoms with Crippen LogP contribution < -0.4 is 0 Å². The molecule has 5 heteroatoms. The molecule has 0 aliphatic heterocycles. The summed E-state index contributed by atoms with van der Waals surface area (Å²) in [6.07, 6.45) is 3.61. The molecule has 3 heterocycles. The minimum atomic E-state index is 0.754. The van der Waals surface area contributed by atoms with E-state index < -0.39 is 0 Å². The Morgan fingerprint density at radius 3 is 2.89 bits per heavy atom. The van der Waals surface area contributed by atoms with Crippen molar-refractivity contribution < 1.29 is 0 Å². The van der Waals surface area contributed by atoms with E-state index in [1.54, 1.807) is 17.5 Å². The largest absolute Gasteiger partial charge is 0.334 e. The van der Waals surface area contributed by atoms with Gasteiger partial charge in [-0.25, -0.2) is 4.98 Å². The molecule has 3 aromatic rings. The van der Waals surface area contributed by atoms with E-state index in [1.807, 2.05) is 12.4 Å². The number of rotatable bonds is 2. The fourth-order valence-corrected chi connectivity index (χ4v) is 3.37. The Kier molecular flexibility index (Phi) is 2.84. The van der Waals surface area contributed by atoms with Crippen LogP contribution in [-0.2, 0) is 6.54 Å². The molecule has 0 aromatic carbocycles. The molecule has 0 N–H and O–H groups in total. The molecule has 3 rings (SSSR count). The van der Waals surface area contributed by atoms with E-state index in [0.29, 0.717) is 0 Å². The van der Waals surface area contributed by atoms with E-state index in [-0.39, 0.29) is 0 Å². The van der Waals surface area contributed by atoms with Crippen LogP contribution in [0.3, 0.4) is 0 Å². The van der Waals surface area contributed by atoms with Crippen molar-refractivity contribution in [3.63, 3.8) is 0 Å². The lowest BCUT2D eigenvalue weighted by Crippen LogP contribution is -1.93. The molecule has 18 heavy (non-hydrogen) atoms. The number of fused-ring (bicyclic) bond motifs is 1. The molecule has 3 nitrogen and oxygen atoms in total. The molecule has 0 aliphatic rings. The average molecular weight is 278 g/mol. The van der Waals surface area contributed by atoms with Gasteiger partial charge in [0, 0.05) is 18.4 Å². The van der Waals surface area contributed by atoms with Crippen molar-refractivity contribution in [2.75, 3.05) is 0 Å². The summed E-state index contributed by atoms with van der Waals surface area (Å²) in [5, 5.41) is 0.754. The lowest BCUT2D eigenvalue weighted by molar-refractivity contribution is 0.738. The van der Waals surface area contributed by atoms with Gasteiger partial charge in [-0.15, -0.1) is 11.3 Å². The summed E-state index contributed by atoms with van der Waals surface area (Å²) in [6.45, 7) is 5.13. The van der Waals surface area contributed by atoms with Crippen LogP contribution in [0, 0.1) is 6.92 Å². The van der Waals surface area contributed by atoms with Crippen LogP contribution in [0.2, 0.25) is 5.02 Å². The fraction of sp³-hybridized carbons (Fsp3) is 0.231. The molecular weight excluding hydrogens is 266 g/mol. The van der Waals surface area contributed by atoms with Crippen molar-refractivity contribution in [1.82, 2.24) is 14.5 Å². The summed E-state index contributed by atoms with van der Waals surface area (Å²) in [5.41, 5.74) is 3.14. The average Bonchev–Trinajstić information content (AvgIpc) is 2.93. The topological polar surface area (TPSA) is 30.7 Å². The van der Waals surface area contributed by atoms with Gasteiger partial charge in [0.2, 0.25) is 0 Å². The monoisotopic (exact) mass is 277 g/mol. The highest BCUT2D eigenvalue weighted by atomic mass is 35.5. The smallest absolute Gasteiger partial charge is 0.101 e. The third kappa shape index (κ3) is 1.72. The molecule has 0 bridgehead atoms. The van der Waals surface area contributed by atoms with Crippen LogP contribution in [0.1, 0.15) is 12.6 Å². The van der Waals surface area contributed by atoms with E-state index in [2.05, 4.69) is 34.4 Å². The van der Waals surface area contributed by atoms with Crippen molar-refractivity contribution in [3.8, 4) is 10.6 Å². The number of hydrogen-bond acceptors (Lipinski definition) is 3. The summed E-state index contributed by atoms with van der Waals surface area (Å²) >= 11 is 7.82. The van der Waals surface area contributed by atoms with Crippen molar-refractivity contribution >= 4 is 33.2 Å². The first-order valence-corrected chi connectivity index (χ1v) is 6.96. The number of thiophene rings is 1. The van der Waals surface area contributed by atoms with Gasteiger partial charge in [0.15, 0.2) is 0 Å². The Morgan fingerprint density at radius 2 is 2.22 bits per heavy atom. The van der Waals surface area contributed by atoms with Gasteiger partial charge in [-0.2, -0.15) is 0 Å². The van der Waals surface area contributed by atoms with Gasteiger partial charge in [-0.3, -0.25) is 4.98 Å². The molecule has 0 aliphatic carbocycles. The minimum Gasteiger partial charge on any atom is -0.334 e. The van der Waals surface area contributed by atoms with Crippen molar-refractivity contribution in [2.24, 2.45) is 0 Å². The van der Waals surface area contributed by atoms with Crippen LogP contribution in [0.25, 0.3) is 20.8 Å². The second-order valence-corrected chi connectivity index (χ2v) is 5.54. The highest BCUT2D eigenvalue weighted by Crippen LogP contribution is 2.36. The van der Waals surface area contributed by atoms with Crippen LogP contribution in [0.15, 0.2) is 24.7 Å². The Morgan fingerprint density at radius 1 is 1.39 bits per heavy atom. The van der Waals surface area contributed by atoms with Gasteiger partial charge >= 0.3 is 0 Å². The highest BCUT2D eigenvalue weighted by Gasteiger charge is 2.13. The number of halogens is 1. The SMILES string of the molecule is CCn1cnc(-c2cc3nccc(Cl)c3s2)c1C. The zero-order valence-corrected chi connectivity index (χ0v) is 11.7. The first-order chi connectivity index (χ1) is 8.70.